The molecule has 2 fully saturated rings. The minimum atomic E-state index is -5.85. The van der Waals surface area contributed by atoms with Crippen LogP contribution in [0.25, 0.3) is 11.1 Å². The van der Waals surface area contributed by atoms with E-state index < -0.39 is 56.1 Å². The van der Waals surface area contributed by atoms with Crippen LogP contribution in [0.1, 0.15) is 37.2 Å². The summed E-state index contributed by atoms with van der Waals surface area (Å²) in [6, 6.07) is 18.4. The normalized spacial score (nSPS) is 20.2. The summed E-state index contributed by atoms with van der Waals surface area (Å²) >= 11 is 5.95. The molecule has 0 spiro atoms. The van der Waals surface area contributed by atoms with Crippen LogP contribution in [-0.2, 0) is 29.6 Å². The number of aliphatic carboxylic acids is 1. The van der Waals surface area contributed by atoms with Gasteiger partial charge < -0.3 is 10.4 Å². The quantitative estimate of drug-likeness (QED) is 0.224. The Hall–Kier alpha value is -3.54. The monoisotopic (exact) mass is 742 g/mol. The van der Waals surface area contributed by atoms with E-state index in [1.807, 2.05) is 4.90 Å². The molecule has 0 unspecified atom stereocenters. The van der Waals surface area contributed by atoms with Crippen LogP contribution in [-0.4, -0.2) is 86.8 Å². The third-order valence-corrected chi connectivity index (χ3v) is 12.1. The molecule has 3 aromatic rings. The van der Waals surface area contributed by atoms with Gasteiger partial charge in [0.1, 0.15) is 5.54 Å². The number of alkyl halides is 3. The van der Waals surface area contributed by atoms with Gasteiger partial charge in [-0.05, 0) is 85.4 Å². The maximum atomic E-state index is 14.1. The number of nitrogens with one attached hydrogen (secondary N) is 2. The molecule has 1 amide bonds. The molecule has 0 aromatic heterocycles. The zero-order chi connectivity index (χ0) is 35.6. The molecule has 49 heavy (non-hydrogen) atoms. The Labute approximate surface area is 287 Å². The van der Waals surface area contributed by atoms with Gasteiger partial charge in [0, 0.05) is 29.7 Å². The fourth-order valence-corrected chi connectivity index (χ4v) is 8.53. The van der Waals surface area contributed by atoms with Crippen molar-refractivity contribution in [2.24, 2.45) is 0 Å². The summed E-state index contributed by atoms with van der Waals surface area (Å²) in [5, 5.41) is 13.8. The van der Waals surface area contributed by atoms with E-state index in [2.05, 4.69) is 5.32 Å². The summed E-state index contributed by atoms with van der Waals surface area (Å²) in [4.78, 5) is 27.4. The Morgan fingerprint density at radius 1 is 0.939 bits per heavy atom. The molecule has 1 aliphatic carbocycles. The smallest absolute Gasteiger partial charge is 0.480 e. The topological polar surface area (TPSA) is 153 Å². The summed E-state index contributed by atoms with van der Waals surface area (Å²) in [7, 11) is -10.6. The second kappa shape index (κ2) is 14.4. The molecule has 1 aliphatic heterocycles. The SMILES string of the molecule is O=C(CN1CCCCC1)Nc1cccc([C@@H]2C[C@@]2(C(=O)O)N(CCNS(=O)(=O)C(F)(F)F)S(=O)(=O)c2ccc(-c3ccc(Cl)cc3)cc2)c1. The first-order valence-corrected chi connectivity index (χ1v) is 18.6. The molecule has 1 saturated heterocycles. The molecule has 2 aliphatic rings. The largest absolute Gasteiger partial charge is 0.511 e. The standard InChI is InChI=1S/C32H34ClF3N4O7S2/c33-25-11-7-22(8-12-25)23-9-13-27(14-10-23)48(44,45)40(18-15-37-49(46,47)32(34,35)36)31(30(42)43)20-28(31)24-5-4-6-26(19-24)38-29(41)21-39-16-2-1-3-17-39/h4-14,19,28,37H,1-3,15-18,20-21H2,(H,38,41)(H,42,43)/t28-,31+/m0/s1. The van der Waals surface area contributed by atoms with Gasteiger partial charge in [0.15, 0.2) is 0 Å². The second-order valence-electron chi connectivity index (χ2n) is 11.9. The Bertz CT molecular complexity index is 1910. The number of carboxylic acid groups (broad SMARTS) is 1. The fraction of sp³-hybridized carbons (Fsp3) is 0.375. The highest BCUT2D eigenvalue weighted by Crippen LogP contribution is 2.57. The average Bonchev–Trinajstić information content (AvgIpc) is 3.80. The second-order valence-corrected chi connectivity index (χ2v) is 16.0. The van der Waals surface area contributed by atoms with Crippen molar-refractivity contribution in [1.82, 2.24) is 13.9 Å². The van der Waals surface area contributed by atoms with E-state index in [1.165, 1.54) is 35.1 Å². The van der Waals surface area contributed by atoms with Crippen LogP contribution in [0.15, 0.2) is 77.7 Å². The molecular weight excluding hydrogens is 709 g/mol. The van der Waals surface area contributed by atoms with E-state index in [0.717, 1.165) is 32.4 Å². The highest BCUT2D eigenvalue weighted by molar-refractivity contribution is 7.90. The number of benzene rings is 3. The van der Waals surface area contributed by atoms with Crippen molar-refractivity contribution in [2.75, 3.05) is 38.0 Å². The van der Waals surface area contributed by atoms with Crippen molar-refractivity contribution in [2.45, 2.75) is 47.5 Å². The van der Waals surface area contributed by atoms with Crippen molar-refractivity contribution < 1.29 is 44.7 Å². The highest BCUT2D eigenvalue weighted by Gasteiger charge is 2.68. The Morgan fingerprint density at radius 2 is 1.55 bits per heavy atom. The number of piperidine rings is 1. The van der Waals surface area contributed by atoms with Crippen LogP contribution in [0.3, 0.4) is 0 Å². The number of carbonyl (C=O) groups is 2. The van der Waals surface area contributed by atoms with E-state index in [1.54, 1.807) is 42.5 Å². The summed E-state index contributed by atoms with van der Waals surface area (Å²) < 4.78 is 92.7. The van der Waals surface area contributed by atoms with Gasteiger partial charge in [0.05, 0.1) is 11.4 Å². The number of carbonyl (C=O) groups excluding carboxylic acids is 1. The predicted octanol–water partition coefficient (Wildman–Crippen LogP) is 4.87. The molecule has 17 heteroatoms. The zero-order valence-electron chi connectivity index (χ0n) is 26.0. The van der Waals surface area contributed by atoms with Crippen molar-refractivity contribution in [3.05, 3.63) is 83.4 Å². The molecule has 0 bridgehead atoms. The van der Waals surface area contributed by atoms with Gasteiger partial charge in [-0.2, -0.15) is 17.5 Å². The number of likely N-dealkylation sites (tertiary alicyclic amines) is 1. The van der Waals surface area contributed by atoms with Crippen LogP contribution in [0, 0.1) is 0 Å². The molecule has 2 atom stereocenters. The lowest BCUT2D eigenvalue weighted by Gasteiger charge is -2.30. The molecule has 264 valence electrons. The maximum absolute atomic E-state index is 14.1. The van der Waals surface area contributed by atoms with Gasteiger partial charge in [-0.25, -0.2) is 21.6 Å². The van der Waals surface area contributed by atoms with Crippen LogP contribution in [0.5, 0.6) is 0 Å². The molecule has 0 radical (unpaired) electrons. The number of rotatable bonds is 13. The Morgan fingerprint density at radius 3 is 2.14 bits per heavy atom. The third-order valence-electron chi connectivity index (χ3n) is 8.67. The lowest BCUT2D eigenvalue weighted by Crippen LogP contribution is -2.51. The first-order valence-electron chi connectivity index (χ1n) is 15.3. The van der Waals surface area contributed by atoms with Crippen molar-refractivity contribution in [3.63, 3.8) is 0 Å². The van der Waals surface area contributed by atoms with Crippen LogP contribution < -0.4 is 10.0 Å². The molecule has 5 rings (SSSR count). The molecule has 1 heterocycles. The van der Waals surface area contributed by atoms with E-state index in [9.17, 15) is 44.7 Å². The minimum absolute atomic E-state index is 0.170. The van der Waals surface area contributed by atoms with Crippen molar-refractivity contribution >= 4 is 49.2 Å². The molecule has 1 saturated carbocycles. The number of hydrogen-bond acceptors (Lipinski definition) is 7. The van der Waals surface area contributed by atoms with Crippen LogP contribution in [0.2, 0.25) is 5.02 Å². The van der Waals surface area contributed by atoms with Crippen molar-refractivity contribution in [3.8, 4) is 11.1 Å². The minimum Gasteiger partial charge on any atom is -0.480 e. The average molecular weight is 743 g/mol. The molecular formula is C32H34ClF3N4O7S2. The fourth-order valence-electron chi connectivity index (χ4n) is 6.11. The Balaban J connectivity index is 1.44. The summed E-state index contributed by atoms with van der Waals surface area (Å²) in [6.07, 6.45) is 2.82. The number of anilines is 1. The van der Waals surface area contributed by atoms with E-state index >= 15 is 0 Å². The molecule has 11 nitrogen and oxygen atoms in total. The van der Waals surface area contributed by atoms with Gasteiger partial charge in [-0.3, -0.25) is 14.5 Å². The number of sulfonamides is 2. The summed E-state index contributed by atoms with van der Waals surface area (Å²) in [5.74, 6) is -2.83. The van der Waals surface area contributed by atoms with Crippen molar-refractivity contribution in [1.29, 1.82) is 0 Å². The summed E-state index contributed by atoms with van der Waals surface area (Å²) in [5.41, 5.74) is -5.80. The highest BCUT2D eigenvalue weighted by atomic mass is 35.5. The zero-order valence-corrected chi connectivity index (χ0v) is 28.4. The predicted molar refractivity (Wildman–Crippen MR) is 177 cm³/mol. The first kappa shape index (κ1) is 36.7. The lowest BCUT2D eigenvalue weighted by atomic mass is 10.0. The van der Waals surface area contributed by atoms with Gasteiger partial charge >= 0.3 is 21.5 Å². The number of nitrogens with zero attached hydrogens (tertiary/aromatic N) is 2. The van der Waals surface area contributed by atoms with Crippen LogP contribution >= 0.6 is 11.6 Å². The number of amides is 1. The maximum Gasteiger partial charge on any atom is 0.511 e. The first-order chi connectivity index (χ1) is 23.0. The van der Waals surface area contributed by atoms with Gasteiger partial charge in [-0.1, -0.05) is 54.4 Å². The Kier molecular flexibility index (Phi) is 10.8. The van der Waals surface area contributed by atoms with Gasteiger partial charge in [0.25, 0.3) is 0 Å². The van der Waals surface area contributed by atoms with Gasteiger partial charge in [0.2, 0.25) is 15.9 Å². The summed E-state index contributed by atoms with van der Waals surface area (Å²) in [6.45, 7) is -0.221. The number of hydrogen-bond donors (Lipinski definition) is 3. The number of halogens is 4. The van der Waals surface area contributed by atoms with E-state index in [4.69, 9.17) is 11.6 Å². The van der Waals surface area contributed by atoms with E-state index in [0.29, 0.717) is 31.7 Å². The molecule has 3 aromatic carbocycles. The van der Waals surface area contributed by atoms with Crippen LogP contribution in [0.4, 0.5) is 18.9 Å². The number of carboxylic acids is 1. The van der Waals surface area contributed by atoms with E-state index in [-0.39, 0.29) is 23.8 Å². The lowest BCUT2D eigenvalue weighted by molar-refractivity contribution is -0.143. The molecule has 3 N–H and O–H groups in total. The van der Waals surface area contributed by atoms with Gasteiger partial charge in [-0.15, -0.1) is 0 Å². The third kappa shape index (κ3) is 8.10.